The Morgan fingerprint density at radius 3 is 2.52 bits per heavy atom. The molecule has 0 radical (unpaired) electrons. The predicted octanol–water partition coefficient (Wildman–Crippen LogP) is 4.52. The normalized spacial score (nSPS) is 11.6. The van der Waals surface area contributed by atoms with E-state index in [9.17, 15) is 9.18 Å². The van der Waals surface area contributed by atoms with Crippen molar-refractivity contribution in [1.29, 1.82) is 0 Å². The summed E-state index contributed by atoms with van der Waals surface area (Å²) in [5.41, 5.74) is 0.538. The first-order chi connectivity index (χ1) is 9.94. The highest BCUT2D eigenvalue weighted by molar-refractivity contribution is 9.09. The van der Waals surface area contributed by atoms with Crippen LogP contribution in [0.4, 0.5) is 4.39 Å². The maximum absolute atomic E-state index is 13.8. The highest BCUT2D eigenvalue weighted by Crippen LogP contribution is 2.23. The lowest BCUT2D eigenvalue weighted by Gasteiger charge is -2.24. The van der Waals surface area contributed by atoms with Gasteiger partial charge in [0.1, 0.15) is 5.82 Å². The quantitative estimate of drug-likeness (QED) is 0.788. The number of benzene rings is 2. The summed E-state index contributed by atoms with van der Waals surface area (Å²) < 4.78 is 13.8. The van der Waals surface area contributed by atoms with Crippen molar-refractivity contribution < 1.29 is 9.18 Å². The fourth-order valence-corrected chi connectivity index (χ4v) is 3.29. The Labute approximate surface area is 132 Å². The van der Waals surface area contributed by atoms with Gasteiger partial charge in [-0.25, -0.2) is 4.39 Å². The van der Waals surface area contributed by atoms with Gasteiger partial charge in [-0.3, -0.25) is 4.79 Å². The van der Waals surface area contributed by atoms with Crippen molar-refractivity contribution in [3.63, 3.8) is 0 Å². The number of nitrogens with one attached hydrogen (secondary N) is 1. The van der Waals surface area contributed by atoms with Crippen molar-refractivity contribution in [3.8, 4) is 0 Å². The van der Waals surface area contributed by atoms with Gasteiger partial charge < -0.3 is 5.32 Å². The number of amides is 1. The van der Waals surface area contributed by atoms with E-state index in [1.807, 2.05) is 6.07 Å². The number of hydrogen-bond acceptors (Lipinski definition) is 1. The van der Waals surface area contributed by atoms with Gasteiger partial charge in [0.05, 0.1) is 0 Å². The number of hydrogen-bond donors (Lipinski definition) is 1. The van der Waals surface area contributed by atoms with Crippen LogP contribution in [0.1, 0.15) is 30.6 Å². The third-order valence-corrected chi connectivity index (χ3v) is 4.01. The first kappa shape index (κ1) is 16.0. The average Bonchev–Trinajstić information content (AvgIpc) is 2.46. The third-order valence-electron chi connectivity index (χ3n) is 3.61. The van der Waals surface area contributed by atoms with Crippen molar-refractivity contribution in [2.75, 3.05) is 11.9 Å². The molecular formula is C17H19BrFNO. The Hall–Kier alpha value is -1.42. The standard InChI is InChI=1S/C17H19BrFNO/c1-17(2,9-10-18)11-20-16(21)14-7-8-15(19)13-6-4-3-5-12(13)14/h3-8H,9-11H2,1-2H3,(H,20,21). The molecule has 0 spiro atoms. The Kier molecular flexibility index (Phi) is 4.99. The second-order valence-corrected chi connectivity index (χ2v) is 6.72. The molecule has 1 amide bonds. The molecule has 0 heterocycles. The Balaban J connectivity index is 2.23. The molecule has 0 aliphatic carbocycles. The van der Waals surface area contributed by atoms with Gasteiger partial charge in [-0.15, -0.1) is 0 Å². The van der Waals surface area contributed by atoms with E-state index < -0.39 is 0 Å². The van der Waals surface area contributed by atoms with Gasteiger partial charge in [0.2, 0.25) is 0 Å². The van der Waals surface area contributed by atoms with Crippen LogP contribution in [0.15, 0.2) is 36.4 Å². The van der Waals surface area contributed by atoms with Crippen molar-refractivity contribution in [2.24, 2.45) is 5.41 Å². The van der Waals surface area contributed by atoms with Crippen molar-refractivity contribution >= 4 is 32.6 Å². The second kappa shape index (κ2) is 6.56. The number of fused-ring (bicyclic) bond motifs is 1. The topological polar surface area (TPSA) is 29.1 Å². The number of alkyl halides is 1. The summed E-state index contributed by atoms with van der Waals surface area (Å²) in [6.45, 7) is 4.80. The monoisotopic (exact) mass is 351 g/mol. The smallest absolute Gasteiger partial charge is 0.251 e. The second-order valence-electron chi connectivity index (χ2n) is 5.93. The number of carbonyl (C=O) groups is 1. The van der Waals surface area contributed by atoms with Crippen LogP contribution in [0, 0.1) is 11.2 Å². The van der Waals surface area contributed by atoms with E-state index in [2.05, 4.69) is 35.1 Å². The summed E-state index contributed by atoms with van der Waals surface area (Å²) >= 11 is 3.42. The zero-order chi connectivity index (χ0) is 15.5. The Morgan fingerprint density at radius 1 is 1.19 bits per heavy atom. The number of carbonyl (C=O) groups excluding carboxylic acids is 1. The van der Waals surface area contributed by atoms with Gasteiger partial charge in [0, 0.05) is 22.8 Å². The SMILES string of the molecule is CC(C)(CCBr)CNC(=O)c1ccc(F)c2ccccc12. The van der Waals surface area contributed by atoms with Crippen LogP contribution in [-0.2, 0) is 0 Å². The van der Waals surface area contributed by atoms with Gasteiger partial charge in [0.25, 0.3) is 5.91 Å². The maximum Gasteiger partial charge on any atom is 0.251 e. The molecule has 0 aliphatic heterocycles. The number of halogens is 2. The molecule has 2 rings (SSSR count). The van der Waals surface area contributed by atoms with E-state index in [1.54, 1.807) is 24.3 Å². The number of rotatable bonds is 5. The minimum atomic E-state index is -0.304. The summed E-state index contributed by atoms with van der Waals surface area (Å²) in [5.74, 6) is -0.462. The molecule has 0 aliphatic rings. The zero-order valence-electron chi connectivity index (χ0n) is 12.2. The molecule has 21 heavy (non-hydrogen) atoms. The van der Waals surface area contributed by atoms with Gasteiger partial charge in [-0.05, 0) is 29.4 Å². The molecule has 0 saturated carbocycles. The van der Waals surface area contributed by atoms with E-state index in [0.29, 0.717) is 22.9 Å². The lowest BCUT2D eigenvalue weighted by atomic mass is 9.90. The highest BCUT2D eigenvalue weighted by Gasteiger charge is 2.19. The van der Waals surface area contributed by atoms with E-state index in [0.717, 1.165) is 11.8 Å². The summed E-state index contributed by atoms with van der Waals surface area (Å²) in [4.78, 5) is 12.4. The van der Waals surface area contributed by atoms with Gasteiger partial charge in [0.15, 0.2) is 0 Å². The summed E-state index contributed by atoms with van der Waals surface area (Å²) in [6.07, 6.45) is 0.970. The maximum atomic E-state index is 13.8. The van der Waals surface area contributed by atoms with Crippen LogP contribution in [-0.4, -0.2) is 17.8 Å². The molecule has 0 saturated heterocycles. The van der Waals surface area contributed by atoms with Crippen LogP contribution in [0.2, 0.25) is 0 Å². The van der Waals surface area contributed by atoms with E-state index in [4.69, 9.17) is 0 Å². The average molecular weight is 352 g/mol. The minimum absolute atomic E-state index is 0.0228. The molecule has 2 aromatic rings. The first-order valence-electron chi connectivity index (χ1n) is 6.96. The largest absolute Gasteiger partial charge is 0.351 e. The van der Waals surface area contributed by atoms with Crippen molar-refractivity contribution in [2.45, 2.75) is 20.3 Å². The molecule has 0 atom stereocenters. The summed E-state index contributed by atoms with van der Waals surface area (Å²) in [7, 11) is 0. The zero-order valence-corrected chi connectivity index (χ0v) is 13.8. The fraction of sp³-hybridized carbons (Fsp3) is 0.353. The van der Waals surface area contributed by atoms with Gasteiger partial charge in [-0.2, -0.15) is 0 Å². The fourth-order valence-electron chi connectivity index (χ4n) is 2.22. The van der Waals surface area contributed by atoms with Crippen LogP contribution in [0.3, 0.4) is 0 Å². The molecule has 0 bridgehead atoms. The molecule has 1 N–H and O–H groups in total. The highest BCUT2D eigenvalue weighted by atomic mass is 79.9. The molecular weight excluding hydrogens is 333 g/mol. The molecule has 2 aromatic carbocycles. The molecule has 0 fully saturated rings. The van der Waals surface area contributed by atoms with E-state index >= 15 is 0 Å². The molecule has 4 heteroatoms. The van der Waals surface area contributed by atoms with Crippen LogP contribution < -0.4 is 5.32 Å². The van der Waals surface area contributed by atoms with Gasteiger partial charge >= 0.3 is 0 Å². The van der Waals surface area contributed by atoms with Gasteiger partial charge in [-0.1, -0.05) is 54.0 Å². The van der Waals surface area contributed by atoms with Crippen LogP contribution in [0.25, 0.3) is 10.8 Å². The van der Waals surface area contributed by atoms with Crippen molar-refractivity contribution in [3.05, 3.63) is 47.8 Å². The molecule has 112 valence electrons. The van der Waals surface area contributed by atoms with Crippen LogP contribution >= 0.6 is 15.9 Å². The Bertz CT molecular complexity index is 654. The minimum Gasteiger partial charge on any atom is -0.351 e. The lowest BCUT2D eigenvalue weighted by molar-refractivity contribution is 0.0937. The van der Waals surface area contributed by atoms with Crippen molar-refractivity contribution in [1.82, 2.24) is 5.32 Å². The summed E-state index contributed by atoms with van der Waals surface area (Å²) in [5, 5.41) is 4.97. The summed E-state index contributed by atoms with van der Waals surface area (Å²) in [6, 6.07) is 9.94. The van der Waals surface area contributed by atoms with E-state index in [1.165, 1.54) is 6.07 Å². The third kappa shape index (κ3) is 3.82. The molecule has 2 nitrogen and oxygen atoms in total. The lowest BCUT2D eigenvalue weighted by Crippen LogP contribution is -2.34. The van der Waals surface area contributed by atoms with Crippen LogP contribution in [0.5, 0.6) is 0 Å². The Morgan fingerprint density at radius 2 is 1.86 bits per heavy atom. The van der Waals surface area contributed by atoms with E-state index in [-0.39, 0.29) is 17.1 Å². The molecule has 0 aromatic heterocycles. The predicted molar refractivity (Wildman–Crippen MR) is 88.4 cm³/mol. The molecule has 0 unspecified atom stereocenters. The first-order valence-corrected chi connectivity index (χ1v) is 8.08.